The van der Waals surface area contributed by atoms with Crippen molar-refractivity contribution in [2.24, 2.45) is 4.99 Å². The van der Waals surface area contributed by atoms with E-state index in [9.17, 15) is 0 Å². The summed E-state index contributed by atoms with van der Waals surface area (Å²) in [4.78, 5) is 6.97. The average Bonchev–Trinajstić information content (AvgIpc) is 3.05. The van der Waals surface area contributed by atoms with E-state index in [2.05, 4.69) is 46.3 Å². The molecule has 0 radical (unpaired) electrons. The third-order valence-corrected chi connectivity index (χ3v) is 3.72. The molecule has 1 aromatic rings. The highest BCUT2D eigenvalue weighted by Gasteiger charge is 2.11. The van der Waals surface area contributed by atoms with Gasteiger partial charge in [-0.15, -0.1) is 0 Å². The van der Waals surface area contributed by atoms with Crippen molar-refractivity contribution < 1.29 is 0 Å². The lowest BCUT2D eigenvalue weighted by Crippen LogP contribution is -2.18. The summed E-state index contributed by atoms with van der Waals surface area (Å²) in [6, 6.07) is 9.04. The van der Waals surface area contributed by atoms with Gasteiger partial charge in [-0.2, -0.15) is 0 Å². The van der Waals surface area contributed by atoms with Crippen LogP contribution in [0.15, 0.2) is 41.4 Å². The molecule has 94 valence electrons. The van der Waals surface area contributed by atoms with Gasteiger partial charge in [-0.3, -0.25) is 9.89 Å². The molecule has 18 heavy (non-hydrogen) atoms. The smallest absolute Gasteiger partial charge is 0.0577 e. The number of nitrogens with zero attached hydrogens (tertiary/aromatic N) is 2. The molecular weight excluding hydrogens is 220 g/mol. The lowest BCUT2D eigenvalue weighted by molar-refractivity contribution is 0.331. The van der Waals surface area contributed by atoms with Crippen LogP contribution in [0.25, 0.3) is 0 Å². The molecule has 0 N–H and O–H groups in total. The fraction of sp³-hybridized carbons (Fsp3) is 0.438. The highest BCUT2D eigenvalue weighted by atomic mass is 15.1. The van der Waals surface area contributed by atoms with E-state index in [0.29, 0.717) is 0 Å². The Labute approximate surface area is 109 Å². The van der Waals surface area contributed by atoms with Crippen molar-refractivity contribution in [2.45, 2.75) is 25.8 Å². The molecule has 1 fully saturated rings. The van der Waals surface area contributed by atoms with Gasteiger partial charge in [0.05, 0.1) is 6.54 Å². The van der Waals surface area contributed by atoms with Crippen LogP contribution in [0.2, 0.25) is 0 Å². The van der Waals surface area contributed by atoms with Crippen molar-refractivity contribution >= 4 is 5.71 Å². The molecule has 2 heterocycles. The highest BCUT2D eigenvalue weighted by molar-refractivity contribution is 5.98. The van der Waals surface area contributed by atoms with Gasteiger partial charge in [-0.25, -0.2) is 0 Å². The van der Waals surface area contributed by atoms with Crippen molar-refractivity contribution in [1.29, 1.82) is 0 Å². The number of hydrogen-bond acceptors (Lipinski definition) is 2. The molecule has 3 rings (SSSR count). The van der Waals surface area contributed by atoms with E-state index in [4.69, 9.17) is 0 Å². The van der Waals surface area contributed by atoms with Crippen LogP contribution in [0, 0.1) is 0 Å². The van der Waals surface area contributed by atoms with Gasteiger partial charge in [0.1, 0.15) is 0 Å². The van der Waals surface area contributed by atoms with Gasteiger partial charge in [0.15, 0.2) is 0 Å². The summed E-state index contributed by atoms with van der Waals surface area (Å²) in [5.74, 6) is 0. The van der Waals surface area contributed by atoms with Crippen molar-refractivity contribution in [3.05, 3.63) is 47.5 Å². The maximum Gasteiger partial charge on any atom is 0.0577 e. The first-order chi connectivity index (χ1) is 8.90. The zero-order valence-corrected chi connectivity index (χ0v) is 10.8. The number of rotatable bonds is 4. The standard InChI is InChI=1S/C16H20N2/c1-2-11-18(10-1)13-15-7-5-14(6-8-15)12-16-4-3-9-17-16/h3-8H,1-2,9-13H2. The lowest BCUT2D eigenvalue weighted by atomic mass is 10.1. The van der Waals surface area contributed by atoms with Crippen molar-refractivity contribution in [2.75, 3.05) is 19.6 Å². The quantitative estimate of drug-likeness (QED) is 0.790. The molecule has 2 aliphatic rings. The first-order valence-corrected chi connectivity index (χ1v) is 6.90. The van der Waals surface area contributed by atoms with Crippen LogP contribution in [-0.2, 0) is 13.0 Å². The summed E-state index contributed by atoms with van der Waals surface area (Å²) in [5, 5.41) is 0. The van der Waals surface area contributed by atoms with Gasteiger partial charge in [-0.1, -0.05) is 30.3 Å². The number of likely N-dealkylation sites (tertiary alicyclic amines) is 1. The van der Waals surface area contributed by atoms with Crippen LogP contribution in [0.1, 0.15) is 24.0 Å². The summed E-state index contributed by atoms with van der Waals surface area (Å²) in [7, 11) is 0. The van der Waals surface area contributed by atoms with Crippen LogP contribution in [0.5, 0.6) is 0 Å². The number of allylic oxidation sites excluding steroid dienone is 1. The minimum Gasteiger partial charge on any atom is -0.299 e. The minimum atomic E-state index is 0.863. The molecule has 2 heteroatoms. The molecule has 2 aliphatic heterocycles. The van der Waals surface area contributed by atoms with E-state index in [1.807, 2.05) is 0 Å². The second kappa shape index (κ2) is 5.49. The normalized spacial score (nSPS) is 19.4. The zero-order valence-electron chi connectivity index (χ0n) is 10.8. The summed E-state index contributed by atoms with van der Waals surface area (Å²) < 4.78 is 0. The Morgan fingerprint density at radius 3 is 2.39 bits per heavy atom. The SMILES string of the molecule is C1=CC(Cc2ccc(CN3CCCC3)cc2)=NC1. The van der Waals surface area contributed by atoms with Gasteiger partial charge in [0, 0.05) is 18.7 Å². The zero-order chi connectivity index (χ0) is 12.2. The second-order valence-corrected chi connectivity index (χ2v) is 5.21. The Balaban J connectivity index is 1.59. The predicted molar refractivity (Wildman–Crippen MR) is 76.1 cm³/mol. The van der Waals surface area contributed by atoms with E-state index in [0.717, 1.165) is 19.5 Å². The third-order valence-electron chi connectivity index (χ3n) is 3.72. The van der Waals surface area contributed by atoms with Crippen molar-refractivity contribution in [1.82, 2.24) is 4.90 Å². The Morgan fingerprint density at radius 2 is 1.72 bits per heavy atom. The molecule has 0 unspecified atom stereocenters. The van der Waals surface area contributed by atoms with Gasteiger partial charge in [-0.05, 0) is 43.1 Å². The monoisotopic (exact) mass is 240 g/mol. The molecule has 1 saturated heterocycles. The van der Waals surface area contributed by atoms with Crippen LogP contribution < -0.4 is 0 Å². The largest absolute Gasteiger partial charge is 0.299 e. The number of benzene rings is 1. The lowest BCUT2D eigenvalue weighted by Gasteiger charge is -2.14. The van der Waals surface area contributed by atoms with Gasteiger partial charge < -0.3 is 0 Å². The molecule has 0 aliphatic carbocycles. The van der Waals surface area contributed by atoms with Crippen LogP contribution in [-0.4, -0.2) is 30.2 Å². The molecule has 0 aromatic heterocycles. The van der Waals surface area contributed by atoms with Gasteiger partial charge in [0.25, 0.3) is 0 Å². The van der Waals surface area contributed by atoms with E-state index in [-0.39, 0.29) is 0 Å². The van der Waals surface area contributed by atoms with Crippen LogP contribution in [0.4, 0.5) is 0 Å². The van der Waals surface area contributed by atoms with Crippen molar-refractivity contribution in [3.8, 4) is 0 Å². The fourth-order valence-electron chi connectivity index (χ4n) is 2.70. The topological polar surface area (TPSA) is 15.6 Å². The molecule has 0 amide bonds. The minimum absolute atomic E-state index is 0.863. The maximum atomic E-state index is 4.43. The van der Waals surface area contributed by atoms with E-state index in [1.165, 1.54) is 42.8 Å². The summed E-state index contributed by atoms with van der Waals surface area (Å²) in [6.07, 6.45) is 7.96. The summed E-state index contributed by atoms with van der Waals surface area (Å²) in [5.41, 5.74) is 4.01. The second-order valence-electron chi connectivity index (χ2n) is 5.21. The molecule has 0 spiro atoms. The summed E-state index contributed by atoms with van der Waals surface area (Å²) >= 11 is 0. The van der Waals surface area contributed by atoms with E-state index >= 15 is 0 Å². The van der Waals surface area contributed by atoms with Crippen molar-refractivity contribution in [3.63, 3.8) is 0 Å². The molecular formula is C16H20N2. The Hall–Kier alpha value is -1.41. The van der Waals surface area contributed by atoms with Crippen LogP contribution >= 0.6 is 0 Å². The Morgan fingerprint density at radius 1 is 1.00 bits per heavy atom. The third kappa shape index (κ3) is 2.88. The molecule has 0 saturated carbocycles. The predicted octanol–water partition coefficient (Wildman–Crippen LogP) is 2.84. The first-order valence-electron chi connectivity index (χ1n) is 6.90. The highest BCUT2D eigenvalue weighted by Crippen LogP contribution is 2.14. The van der Waals surface area contributed by atoms with Gasteiger partial charge in [0.2, 0.25) is 0 Å². The number of hydrogen-bond donors (Lipinski definition) is 0. The molecule has 0 bridgehead atoms. The molecule has 2 nitrogen and oxygen atoms in total. The van der Waals surface area contributed by atoms with E-state index < -0.39 is 0 Å². The average molecular weight is 240 g/mol. The maximum absolute atomic E-state index is 4.43. The van der Waals surface area contributed by atoms with Crippen LogP contribution in [0.3, 0.4) is 0 Å². The Bertz CT molecular complexity index is 450. The molecule has 0 atom stereocenters. The van der Waals surface area contributed by atoms with Gasteiger partial charge >= 0.3 is 0 Å². The molecule has 1 aromatic carbocycles. The number of aliphatic imine (C=N–C) groups is 1. The fourth-order valence-corrected chi connectivity index (χ4v) is 2.70. The first kappa shape index (κ1) is 11.7. The van der Waals surface area contributed by atoms with E-state index in [1.54, 1.807) is 0 Å². The summed E-state index contributed by atoms with van der Waals surface area (Å²) in [6.45, 7) is 4.51. The Kier molecular flexibility index (Phi) is 3.56.